The molecular formula is C67H120O6. The first-order valence-corrected chi connectivity index (χ1v) is 31.8. The van der Waals surface area contributed by atoms with E-state index in [4.69, 9.17) is 14.2 Å². The molecule has 0 aliphatic carbocycles. The van der Waals surface area contributed by atoms with E-state index in [0.29, 0.717) is 19.3 Å². The fraction of sp³-hybridized carbons (Fsp3) is 0.806. The second-order valence-electron chi connectivity index (χ2n) is 21.3. The van der Waals surface area contributed by atoms with Crippen LogP contribution in [0.2, 0.25) is 0 Å². The average Bonchev–Trinajstić information content (AvgIpc) is 3.39. The van der Waals surface area contributed by atoms with Crippen LogP contribution in [-0.2, 0) is 28.6 Å². The molecule has 0 radical (unpaired) electrons. The van der Waals surface area contributed by atoms with Crippen molar-refractivity contribution in [3.05, 3.63) is 60.8 Å². The predicted octanol–water partition coefficient (Wildman–Crippen LogP) is 21.6. The van der Waals surface area contributed by atoms with Crippen molar-refractivity contribution in [3.8, 4) is 0 Å². The highest BCUT2D eigenvalue weighted by molar-refractivity contribution is 5.71. The van der Waals surface area contributed by atoms with Gasteiger partial charge >= 0.3 is 17.9 Å². The molecule has 6 heteroatoms. The number of carbonyl (C=O) groups is 3. The van der Waals surface area contributed by atoms with E-state index in [1.165, 1.54) is 205 Å². The maximum Gasteiger partial charge on any atom is 0.306 e. The van der Waals surface area contributed by atoms with Gasteiger partial charge in [0.1, 0.15) is 13.2 Å². The van der Waals surface area contributed by atoms with Crippen molar-refractivity contribution in [1.82, 2.24) is 0 Å². The van der Waals surface area contributed by atoms with Gasteiger partial charge in [0, 0.05) is 19.3 Å². The van der Waals surface area contributed by atoms with E-state index < -0.39 is 6.10 Å². The maximum absolute atomic E-state index is 12.8. The minimum Gasteiger partial charge on any atom is -0.462 e. The first-order chi connectivity index (χ1) is 36.0. The number of allylic oxidation sites excluding steroid dienone is 10. The third-order valence-corrected chi connectivity index (χ3v) is 14.0. The molecule has 0 saturated carbocycles. The number of rotatable bonds is 58. The molecule has 0 rings (SSSR count). The summed E-state index contributed by atoms with van der Waals surface area (Å²) in [6.45, 7) is 6.56. The summed E-state index contributed by atoms with van der Waals surface area (Å²) in [7, 11) is 0. The van der Waals surface area contributed by atoms with Crippen LogP contribution in [-0.4, -0.2) is 37.2 Å². The largest absolute Gasteiger partial charge is 0.462 e. The lowest BCUT2D eigenvalue weighted by atomic mass is 10.0. The number of unbranched alkanes of at least 4 members (excludes halogenated alkanes) is 37. The van der Waals surface area contributed by atoms with Crippen molar-refractivity contribution in [2.45, 2.75) is 335 Å². The second-order valence-corrected chi connectivity index (χ2v) is 21.3. The predicted molar refractivity (Wildman–Crippen MR) is 316 cm³/mol. The average molecular weight is 1020 g/mol. The molecule has 1 atom stereocenters. The molecule has 0 saturated heterocycles. The van der Waals surface area contributed by atoms with Crippen molar-refractivity contribution < 1.29 is 28.6 Å². The molecule has 6 nitrogen and oxygen atoms in total. The Hall–Kier alpha value is -2.89. The molecule has 73 heavy (non-hydrogen) atoms. The van der Waals surface area contributed by atoms with Crippen LogP contribution < -0.4 is 0 Å². The van der Waals surface area contributed by atoms with Gasteiger partial charge in [-0.25, -0.2) is 0 Å². The van der Waals surface area contributed by atoms with Gasteiger partial charge < -0.3 is 14.2 Å². The zero-order valence-corrected chi connectivity index (χ0v) is 48.7. The van der Waals surface area contributed by atoms with Gasteiger partial charge in [-0.1, -0.05) is 281 Å². The Balaban J connectivity index is 4.01. The quantitative estimate of drug-likeness (QED) is 0.0261. The first-order valence-electron chi connectivity index (χ1n) is 31.8. The Bertz CT molecular complexity index is 1310. The van der Waals surface area contributed by atoms with Crippen LogP contribution in [0.15, 0.2) is 60.8 Å². The van der Waals surface area contributed by atoms with E-state index in [-0.39, 0.29) is 31.1 Å². The number of hydrogen-bond acceptors (Lipinski definition) is 6. The Labute approximate surface area is 453 Å². The Morgan fingerprint density at radius 3 is 0.767 bits per heavy atom. The summed E-state index contributed by atoms with van der Waals surface area (Å²) in [6.07, 6.45) is 78.5. The SMILES string of the molecule is CCCCCCC/C=C\C/C=C\C/C=C\CCCCCCCCCCCCCCCCC(=O)OCC(COC(=O)CCCCCCC)OC(=O)CCCCCCCCCCC/C=C\C/C=C\CCCCCCC. The summed E-state index contributed by atoms with van der Waals surface area (Å²) in [5.41, 5.74) is 0. The van der Waals surface area contributed by atoms with Gasteiger partial charge in [0.15, 0.2) is 6.10 Å². The van der Waals surface area contributed by atoms with E-state index in [0.717, 1.165) is 83.5 Å². The Morgan fingerprint density at radius 2 is 0.493 bits per heavy atom. The van der Waals surface area contributed by atoms with Gasteiger partial charge in [-0.2, -0.15) is 0 Å². The number of carbonyl (C=O) groups excluding carboxylic acids is 3. The van der Waals surface area contributed by atoms with Gasteiger partial charge in [0.05, 0.1) is 0 Å². The van der Waals surface area contributed by atoms with Gasteiger partial charge in [-0.3, -0.25) is 14.4 Å². The van der Waals surface area contributed by atoms with E-state index in [1.54, 1.807) is 0 Å². The summed E-state index contributed by atoms with van der Waals surface area (Å²) in [5.74, 6) is -0.880. The van der Waals surface area contributed by atoms with E-state index >= 15 is 0 Å². The summed E-state index contributed by atoms with van der Waals surface area (Å²) in [6, 6.07) is 0. The van der Waals surface area contributed by atoms with Crippen LogP contribution in [0.3, 0.4) is 0 Å². The van der Waals surface area contributed by atoms with Crippen LogP contribution in [0, 0.1) is 0 Å². The van der Waals surface area contributed by atoms with Crippen LogP contribution in [0.4, 0.5) is 0 Å². The molecule has 0 aromatic rings. The van der Waals surface area contributed by atoms with Crippen LogP contribution >= 0.6 is 0 Å². The lowest BCUT2D eigenvalue weighted by molar-refractivity contribution is -0.167. The highest BCUT2D eigenvalue weighted by Gasteiger charge is 2.19. The number of ether oxygens (including phenoxy) is 3. The molecule has 0 aromatic carbocycles. The summed E-state index contributed by atoms with van der Waals surface area (Å²) in [4.78, 5) is 37.9. The number of esters is 3. The Morgan fingerprint density at radius 1 is 0.274 bits per heavy atom. The summed E-state index contributed by atoms with van der Waals surface area (Å²) >= 11 is 0. The second kappa shape index (κ2) is 61.7. The molecule has 0 heterocycles. The van der Waals surface area contributed by atoms with E-state index in [1.807, 2.05) is 0 Å². The fourth-order valence-electron chi connectivity index (χ4n) is 9.19. The molecule has 0 bridgehead atoms. The van der Waals surface area contributed by atoms with Crippen LogP contribution in [0.1, 0.15) is 329 Å². The monoisotopic (exact) mass is 1020 g/mol. The summed E-state index contributed by atoms with van der Waals surface area (Å²) < 4.78 is 16.8. The molecule has 424 valence electrons. The van der Waals surface area contributed by atoms with Gasteiger partial charge in [-0.15, -0.1) is 0 Å². The maximum atomic E-state index is 12.8. The Kier molecular flexibility index (Phi) is 59.2. The summed E-state index contributed by atoms with van der Waals surface area (Å²) in [5, 5.41) is 0. The first kappa shape index (κ1) is 70.1. The zero-order chi connectivity index (χ0) is 52.9. The lowest BCUT2D eigenvalue weighted by Gasteiger charge is -2.18. The van der Waals surface area contributed by atoms with Crippen LogP contribution in [0.5, 0.6) is 0 Å². The molecule has 0 fully saturated rings. The van der Waals surface area contributed by atoms with Crippen molar-refractivity contribution in [2.24, 2.45) is 0 Å². The van der Waals surface area contributed by atoms with Gasteiger partial charge in [0.25, 0.3) is 0 Å². The molecule has 0 amide bonds. The highest BCUT2D eigenvalue weighted by atomic mass is 16.6. The van der Waals surface area contributed by atoms with Crippen molar-refractivity contribution >= 4 is 17.9 Å². The fourth-order valence-corrected chi connectivity index (χ4v) is 9.19. The molecule has 0 spiro atoms. The normalized spacial score (nSPS) is 12.4. The molecule has 0 aromatic heterocycles. The third-order valence-electron chi connectivity index (χ3n) is 14.0. The topological polar surface area (TPSA) is 78.9 Å². The lowest BCUT2D eigenvalue weighted by Crippen LogP contribution is -2.30. The number of hydrogen-bond donors (Lipinski definition) is 0. The standard InChI is InChI=1S/C67H120O6/c1-4-7-10-13-15-17-19-21-23-25-27-29-30-31-32-33-34-35-36-38-39-41-43-45-47-49-51-54-57-60-66(69)72-63-64(62-71-65(68)59-56-53-12-9-6-3)73-67(70)61-58-55-52-50-48-46-44-42-40-37-28-26-24-22-20-18-16-14-11-8-5-2/h19-22,25-28,30-31,64H,4-18,23-24,29,32-63H2,1-3H3/b21-19-,22-20-,27-25-,28-26-,31-30-. The van der Waals surface area contributed by atoms with Gasteiger partial charge in [-0.05, 0) is 89.9 Å². The molecule has 1 unspecified atom stereocenters. The van der Waals surface area contributed by atoms with Crippen LogP contribution in [0.25, 0.3) is 0 Å². The van der Waals surface area contributed by atoms with Gasteiger partial charge in [0.2, 0.25) is 0 Å². The minimum absolute atomic E-state index is 0.0742. The molecule has 0 N–H and O–H groups in total. The van der Waals surface area contributed by atoms with Crippen molar-refractivity contribution in [3.63, 3.8) is 0 Å². The van der Waals surface area contributed by atoms with Crippen molar-refractivity contribution in [1.29, 1.82) is 0 Å². The minimum atomic E-state index is -0.773. The smallest absolute Gasteiger partial charge is 0.306 e. The zero-order valence-electron chi connectivity index (χ0n) is 48.7. The van der Waals surface area contributed by atoms with Crippen molar-refractivity contribution in [2.75, 3.05) is 13.2 Å². The van der Waals surface area contributed by atoms with E-state index in [2.05, 4.69) is 81.5 Å². The van der Waals surface area contributed by atoms with E-state index in [9.17, 15) is 14.4 Å². The third kappa shape index (κ3) is 59.9. The highest BCUT2D eigenvalue weighted by Crippen LogP contribution is 2.17. The molecule has 0 aliphatic heterocycles. The molecular weight excluding hydrogens is 901 g/mol. The molecule has 0 aliphatic rings.